The van der Waals surface area contributed by atoms with Gasteiger partial charge in [0.1, 0.15) is 5.82 Å². The van der Waals surface area contributed by atoms with E-state index < -0.39 is 15.9 Å². The Bertz CT molecular complexity index is 783. The number of unbranched alkanes of at least 4 members (excludes halogenated alkanes) is 1. The van der Waals surface area contributed by atoms with Crippen LogP contribution in [0.2, 0.25) is 0 Å². The number of aromatic amines is 1. The second kappa shape index (κ2) is 5.72. The number of aryl methyl sites for hydroxylation is 1. The first-order valence-electron chi connectivity index (χ1n) is 6.12. The van der Waals surface area contributed by atoms with Gasteiger partial charge in [-0.2, -0.15) is 8.42 Å². The molecule has 1 aromatic heterocycles. The average Bonchev–Trinajstić information content (AvgIpc) is 2.34. The van der Waals surface area contributed by atoms with Crippen molar-refractivity contribution in [2.24, 2.45) is 0 Å². The van der Waals surface area contributed by atoms with Crippen molar-refractivity contribution >= 4 is 20.9 Å². The lowest BCUT2D eigenvalue weighted by atomic mass is 10.1. The maximum absolute atomic E-state index is 13.0. The summed E-state index contributed by atoms with van der Waals surface area (Å²) in [5.74, 6) is -0.764. The molecule has 1 aromatic carbocycles. The quantitative estimate of drug-likeness (QED) is 0.652. The Morgan fingerprint density at radius 3 is 2.65 bits per heavy atom. The molecule has 2 rings (SSSR count). The first-order chi connectivity index (χ1) is 9.35. The van der Waals surface area contributed by atoms with Crippen LogP contribution in [0.5, 0.6) is 0 Å². The molecule has 0 saturated carbocycles. The summed E-state index contributed by atoms with van der Waals surface area (Å²) in [5, 5.41) is 0.923. The standard InChI is InChI=1S/C13H14FNO4S/c14-10-5-4-9-7-11(15-13(16)12(9)8-10)3-1-2-6-20(17,18)19/h4-5,7-8H,1-3,6H2,(H,15,16)(H,17,18,19). The minimum absolute atomic E-state index is 0.284. The van der Waals surface area contributed by atoms with E-state index in [0.29, 0.717) is 30.3 Å². The Hall–Kier alpha value is -1.73. The van der Waals surface area contributed by atoms with E-state index in [4.69, 9.17) is 4.55 Å². The van der Waals surface area contributed by atoms with Crippen molar-refractivity contribution in [3.63, 3.8) is 0 Å². The van der Waals surface area contributed by atoms with Gasteiger partial charge in [-0.25, -0.2) is 4.39 Å². The molecular weight excluding hydrogens is 285 g/mol. The highest BCUT2D eigenvalue weighted by Crippen LogP contribution is 2.13. The molecule has 0 saturated heterocycles. The van der Waals surface area contributed by atoms with Crippen LogP contribution in [0.4, 0.5) is 4.39 Å². The third kappa shape index (κ3) is 3.88. The Morgan fingerprint density at radius 2 is 1.95 bits per heavy atom. The largest absolute Gasteiger partial charge is 0.326 e. The van der Waals surface area contributed by atoms with Gasteiger partial charge in [-0.3, -0.25) is 9.35 Å². The molecule has 0 amide bonds. The van der Waals surface area contributed by atoms with Crippen molar-refractivity contribution in [3.8, 4) is 0 Å². The summed E-state index contributed by atoms with van der Waals surface area (Å²) in [6, 6.07) is 5.73. The fraction of sp³-hybridized carbons (Fsp3) is 0.308. The molecule has 0 aliphatic carbocycles. The minimum atomic E-state index is -3.94. The van der Waals surface area contributed by atoms with Crippen LogP contribution in [0, 0.1) is 5.82 Å². The molecule has 2 aromatic rings. The summed E-state index contributed by atoms with van der Waals surface area (Å²) in [6.07, 6.45) is 1.31. The van der Waals surface area contributed by atoms with E-state index in [-0.39, 0.29) is 16.7 Å². The fourth-order valence-corrected chi connectivity index (χ4v) is 2.59. The van der Waals surface area contributed by atoms with Gasteiger partial charge in [0, 0.05) is 11.1 Å². The molecule has 1 heterocycles. The highest BCUT2D eigenvalue weighted by Gasteiger charge is 2.06. The summed E-state index contributed by atoms with van der Waals surface area (Å²) >= 11 is 0. The maximum atomic E-state index is 13.0. The molecule has 0 radical (unpaired) electrons. The number of fused-ring (bicyclic) bond motifs is 1. The molecule has 0 spiro atoms. The van der Waals surface area contributed by atoms with Gasteiger partial charge in [-0.1, -0.05) is 6.07 Å². The molecule has 0 aliphatic heterocycles. The van der Waals surface area contributed by atoms with Gasteiger partial charge in [0.05, 0.1) is 5.75 Å². The molecule has 2 N–H and O–H groups in total. The van der Waals surface area contributed by atoms with Crippen molar-refractivity contribution in [1.29, 1.82) is 0 Å². The van der Waals surface area contributed by atoms with Crippen LogP contribution < -0.4 is 5.56 Å². The summed E-state index contributed by atoms with van der Waals surface area (Å²) in [4.78, 5) is 14.4. The van der Waals surface area contributed by atoms with Crippen LogP contribution in [0.3, 0.4) is 0 Å². The van der Waals surface area contributed by atoms with Gasteiger partial charge < -0.3 is 4.98 Å². The zero-order valence-electron chi connectivity index (χ0n) is 10.6. The Morgan fingerprint density at radius 1 is 1.20 bits per heavy atom. The van der Waals surface area contributed by atoms with Gasteiger partial charge in [-0.05, 0) is 42.8 Å². The van der Waals surface area contributed by atoms with Crippen molar-refractivity contribution in [3.05, 3.63) is 46.1 Å². The molecule has 108 valence electrons. The van der Waals surface area contributed by atoms with E-state index in [0.717, 1.165) is 0 Å². The first-order valence-corrected chi connectivity index (χ1v) is 7.73. The van der Waals surface area contributed by atoms with Crippen LogP contribution in [-0.2, 0) is 16.5 Å². The zero-order valence-corrected chi connectivity index (χ0v) is 11.4. The third-order valence-electron chi connectivity index (χ3n) is 2.96. The number of pyridine rings is 1. The van der Waals surface area contributed by atoms with Gasteiger partial charge in [-0.15, -0.1) is 0 Å². The second-order valence-electron chi connectivity index (χ2n) is 4.60. The Labute approximate surface area is 115 Å². The summed E-state index contributed by atoms with van der Waals surface area (Å²) < 4.78 is 42.8. The third-order valence-corrected chi connectivity index (χ3v) is 3.77. The molecule has 20 heavy (non-hydrogen) atoms. The highest BCUT2D eigenvalue weighted by atomic mass is 32.2. The maximum Gasteiger partial charge on any atom is 0.264 e. The Balaban J connectivity index is 2.12. The molecule has 5 nitrogen and oxygen atoms in total. The van der Waals surface area contributed by atoms with Crippen molar-refractivity contribution in [1.82, 2.24) is 4.98 Å². The number of halogens is 1. The molecule has 7 heteroatoms. The fourth-order valence-electron chi connectivity index (χ4n) is 2.02. The van der Waals surface area contributed by atoms with Gasteiger partial charge in [0.25, 0.3) is 15.7 Å². The second-order valence-corrected chi connectivity index (χ2v) is 6.17. The van der Waals surface area contributed by atoms with E-state index in [2.05, 4.69) is 4.98 Å². The molecule has 0 fully saturated rings. The number of rotatable bonds is 5. The minimum Gasteiger partial charge on any atom is -0.326 e. The van der Waals surface area contributed by atoms with Gasteiger partial charge in [0.2, 0.25) is 0 Å². The van der Waals surface area contributed by atoms with Crippen molar-refractivity contribution in [2.45, 2.75) is 19.3 Å². The van der Waals surface area contributed by atoms with Crippen molar-refractivity contribution in [2.75, 3.05) is 5.75 Å². The zero-order chi connectivity index (χ0) is 14.8. The highest BCUT2D eigenvalue weighted by molar-refractivity contribution is 7.85. The predicted molar refractivity (Wildman–Crippen MR) is 73.9 cm³/mol. The normalized spacial score (nSPS) is 11.9. The average molecular weight is 299 g/mol. The van der Waals surface area contributed by atoms with E-state index in [1.165, 1.54) is 18.2 Å². The van der Waals surface area contributed by atoms with Crippen LogP contribution in [-0.4, -0.2) is 23.7 Å². The lowest BCUT2D eigenvalue weighted by Crippen LogP contribution is -2.10. The summed E-state index contributed by atoms with van der Waals surface area (Å²) in [5.41, 5.74) is 0.288. The molecule has 0 unspecified atom stereocenters. The summed E-state index contributed by atoms with van der Waals surface area (Å²) in [6.45, 7) is 0. The van der Waals surface area contributed by atoms with Gasteiger partial charge in [0.15, 0.2) is 0 Å². The number of nitrogens with one attached hydrogen (secondary N) is 1. The number of hydrogen-bond donors (Lipinski definition) is 2. The SMILES string of the molecule is O=c1[nH]c(CCCCS(=O)(=O)O)cc2ccc(F)cc12. The van der Waals surface area contributed by atoms with Crippen LogP contribution in [0.15, 0.2) is 29.1 Å². The van der Waals surface area contributed by atoms with E-state index in [9.17, 15) is 17.6 Å². The monoisotopic (exact) mass is 299 g/mol. The number of aromatic nitrogens is 1. The predicted octanol–water partition coefficient (Wildman–Crippen LogP) is 1.88. The topological polar surface area (TPSA) is 87.2 Å². The number of H-pyrrole nitrogens is 1. The van der Waals surface area contributed by atoms with E-state index in [1.54, 1.807) is 6.07 Å². The van der Waals surface area contributed by atoms with E-state index in [1.807, 2.05) is 0 Å². The smallest absolute Gasteiger partial charge is 0.264 e. The molecule has 0 bridgehead atoms. The lowest BCUT2D eigenvalue weighted by molar-refractivity contribution is 0.480. The summed E-state index contributed by atoms with van der Waals surface area (Å²) in [7, 11) is -3.94. The van der Waals surface area contributed by atoms with E-state index >= 15 is 0 Å². The first kappa shape index (κ1) is 14.7. The number of hydrogen-bond acceptors (Lipinski definition) is 3. The van der Waals surface area contributed by atoms with Crippen LogP contribution in [0.1, 0.15) is 18.5 Å². The molecular formula is C13H14FNO4S. The number of benzene rings is 1. The van der Waals surface area contributed by atoms with Gasteiger partial charge >= 0.3 is 0 Å². The van der Waals surface area contributed by atoms with Crippen molar-refractivity contribution < 1.29 is 17.4 Å². The van der Waals surface area contributed by atoms with Crippen LogP contribution in [0.25, 0.3) is 10.8 Å². The lowest BCUT2D eigenvalue weighted by Gasteiger charge is -2.04. The molecule has 0 aliphatic rings. The Kier molecular flexibility index (Phi) is 4.20. The molecule has 0 atom stereocenters. The van der Waals surface area contributed by atoms with Crippen LogP contribution >= 0.6 is 0 Å².